The molecule has 1 unspecified atom stereocenters. The molecule has 2 heterocycles. The number of nitrogens with one attached hydrogen (secondary N) is 1. The van der Waals surface area contributed by atoms with Crippen LogP contribution in [0.1, 0.15) is 23.3 Å². The van der Waals surface area contributed by atoms with Crippen LogP contribution in [0.5, 0.6) is 5.75 Å². The number of carbonyl (C=O) groups excluding carboxylic acids is 2. The standard InChI is InChI=1S/C19H23N3O5/c1-22(12-18(23)20-11-15-4-3-9-26-15)19(24)16-10-17(27-21-16)13-5-7-14(25-2)8-6-13/h5-8,10,15H,3-4,9,11-12H2,1-2H3,(H,20,23). The maximum Gasteiger partial charge on any atom is 0.276 e. The van der Waals surface area contributed by atoms with Crippen molar-refractivity contribution >= 4 is 11.8 Å². The molecule has 1 aliphatic heterocycles. The van der Waals surface area contributed by atoms with Gasteiger partial charge in [0.15, 0.2) is 11.5 Å². The summed E-state index contributed by atoms with van der Waals surface area (Å²) in [4.78, 5) is 25.8. The first kappa shape index (κ1) is 18.9. The van der Waals surface area contributed by atoms with Gasteiger partial charge >= 0.3 is 0 Å². The summed E-state index contributed by atoms with van der Waals surface area (Å²) < 4.78 is 15.8. The highest BCUT2D eigenvalue weighted by molar-refractivity contribution is 5.95. The number of aromatic nitrogens is 1. The number of likely N-dealkylation sites (N-methyl/N-ethyl adjacent to an activating group) is 1. The summed E-state index contributed by atoms with van der Waals surface area (Å²) in [6, 6.07) is 8.78. The Morgan fingerprint density at radius 1 is 1.33 bits per heavy atom. The molecule has 1 aliphatic rings. The molecule has 27 heavy (non-hydrogen) atoms. The number of ether oxygens (including phenoxy) is 2. The van der Waals surface area contributed by atoms with Crippen LogP contribution < -0.4 is 10.1 Å². The van der Waals surface area contributed by atoms with Gasteiger partial charge in [-0.25, -0.2) is 0 Å². The summed E-state index contributed by atoms with van der Waals surface area (Å²) in [6.45, 7) is 1.14. The van der Waals surface area contributed by atoms with Gasteiger partial charge in [0.2, 0.25) is 5.91 Å². The molecular formula is C19H23N3O5. The van der Waals surface area contributed by atoms with E-state index in [1.54, 1.807) is 32.4 Å². The first-order valence-corrected chi connectivity index (χ1v) is 8.81. The van der Waals surface area contributed by atoms with Gasteiger partial charge in [0.1, 0.15) is 5.75 Å². The number of benzene rings is 1. The third-order valence-corrected chi connectivity index (χ3v) is 4.38. The van der Waals surface area contributed by atoms with Crippen LogP contribution in [0.3, 0.4) is 0 Å². The minimum Gasteiger partial charge on any atom is -0.497 e. The molecule has 3 rings (SSSR count). The SMILES string of the molecule is COc1ccc(-c2cc(C(=O)N(C)CC(=O)NCC3CCCO3)no2)cc1. The van der Waals surface area contributed by atoms with Crippen LogP contribution in [-0.2, 0) is 9.53 Å². The lowest BCUT2D eigenvalue weighted by atomic mass is 10.1. The number of nitrogens with zero attached hydrogens (tertiary/aromatic N) is 2. The lowest BCUT2D eigenvalue weighted by Crippen LogP contribution is -2.41. The van der Waals surface area contributed by atoms with Crippen LogP contribution in [0, 0.1) is 0 Å². The third kappa shape index (κ3) is 4.85. The predicted octanol–water partition coefficient (Wildman–Crippen LogP) is 1.72. The molecule has 2 amide bonds. The molecule has 0 aliphatic carbocycles. The van der Waals surface area contributed by atoms with Crippen molar-refractivity contribution in [1.82, 2.24) is 15.4 Å². The molecule has 1 N–H and O–H groups in total. The zero-order chi connectivity index (χ0) is 19.2. The molecule has 1 aromatic heterocycles. The van der Waals surface area contributed by atoms with Crippen LogP contribution >= 0.6 is 0 Å². The van der Waals surface area contributed by atoms with E-state index in [2.05, 4.69) is 10.5 Å². The Balaban J connectivity index is 1.54. The highest BCUT2D eigenvalue weighted by Gasteiger charge is 2.21. The van der Waals surface area contributed by atoms with Crippen molar-refractivity contribution < 1.29 is 23.6 Å². The number of rotatable bonds is 7. The van der Waals surface area contributed by atoms with E-state index in [0.29, 0.717) is 12.3 Å². The summed E-state index contributed by atoms with van der Waals surface area (Å²) in [5.74, 6) is 0.576. The van der Waals surface area contributed by atoms with Gasteiger partial charge in [-0.05, 0) is 37.1 Å². The molecule has 0 saturated carbocycles. The smallest absolute Gasteiger partial charge is 0.276 e. The second kappa shape index (κ2) is 8.68. The van der Waals surface area contributed by atoms with Crippen LogP contribution in [0.2, 0.25) is 0 Å². The zero-order valence-electron chi connectivity index (χ0n) is 15.4. The fourth-order valence-corrected chi connectivity index (χ4v) is 2.84. The van der Waals surface area contributed by atoms with Crippen molar-refractivity contribution in [3.8, 4) is 17.1 Å². The molecular weight excluding hydrogens is 350 g/mol. The second-order valence-electron chi connectivity index (χ2n) is 6.41. The van der Waals surface area contributed by atoms with Gasteiger partial charge in [0.05, 0.1) is 19.8 Å². The van der Waals surface area contributed by atoms with E-state index in [1.807, 2.05) is 12.1 Å². The van der Waals surface area contributed by atoms with Crippen molar-refractivity contribution in [3.05, 3.63) is 36.0 Å². The summed E-state index contributed by atoms with van der Waals surface area (Å²) >= 11 is 0. The fraction of sp³-hybridized carbons (Fsp3) is 0.421. The van der Waals surface area contributed by atoms with E-state index in [-0.39, 0.29) is 30.2 Å². The lowest BCUT2D eigenvalue weighted by Gasteiger charge is -2.16. The van der Waals surface area contributed by atoms with Gasteiger partial charge < -0.3 is 24.2 Å². The van der Waals surface area contributed by atoms with Crippen LogP contribution in [-0.4, -0.2) is 61.8 Å². The molecule has 1 fully saturated rings. The quantitative estimate of drug-likeness (QED) is 0.794. The van der Waals surface area contributed by atoms with Crippen molar-refractivity contribution in [3.63, 3.8) is 0 Å². The lowest BCUT2D eigenvalue weighted by molar-refractivity contribution is -0.122. The molecule has 8 nitrogen and oxygen atoms in total. The van der Waals surface area contributed by atoms with Crippen LogP contribution in [0.15, 0.2) is 34.9 Å². The first-order chi connectivity index (χ1) is 13.1. The molecule has 144 valence electrons. The molecule has 1 atom stereocenters. The first-order valence-electron chi connectivity index (χ1n) is 8.81. The Hall–Kier alpha value is -2.87. The normalized spacial score (nSPS) is 16.1. The third-order valence-electron chi connectivity index (χ3n) is 4.38. The van der Waals surface area contributed by atoms with Gasteiger partial charge in [0.25, 0.3) is 5.91 Å². The van der Waals surface area contributed by atoms with Crippen molar-refractivity contribution in [2.45, 2.75) is 18.9 Å². The Bertz CT molecular complexity index is 781. The van der Waals surface area contributed by atoms with Crippen LogP contribution in [0.25, 0.3) is 11.3 Å². The van der Waals surface area contributed by atoms with Gasteiger partial charge in [-0.2, -0.15) is 0 Å². The van der Waals surface area contributed by atoms with E-state index >= 15 is 0 Å². The average molecular weight is 373 g/mol. The Kier molecular flexibility index (Phi) is 6.08. The maximum atomic E-state index is 12.5. The largest absolute Gasteiger partial charge is 0.497 e. The number of methoxy groups -OCH3 is 1. The predicted molar refractivity (Wildman–Crippen MR) is 97.4 cm³/mol. The van der Waals surface area contributed by atoms with Gasteiger partial charge in [-0.1, -0.05) is 5.16 Å². The maximum absolute atomic E-state index is 12.5. The second-order valence-corrected chi connectivity index (χ2v) is 6.41. The summed E-state index contributed by atoms with van der Waals surface area (Å²) in [5, 5.41) is 6.61. The topological polar surface area (TPSA) is 93.9 Å². The summed E-state index contributed by atoms with van der Waals surface area (Å²) in [7, 11) is 3.14. The van der Waals surface area contributed by atoms with Gasteiger partial charge in [-0.15, -0.1) is 0 Å². The molecule has 1 saturated heterocycles. The number of carbonyl (C=O) groups is 2. The molecule has 1 aromatic carbocycles. The molecule has 2 aromatic rings. The van der Waals surface area contributed by atoms with Gasteiger partial charge in [-0.3, -0.25) is 9.59 Å². The Morgan fingerprint density at radius 2 is 2.11 bits per heavy atom. The average Bonchev–Trinajstić information content (AvgIpc) is 3.38. The van der Waals surface area contributed by atoms with Crippen LogP contribution in [0.4, 0.5) is 0 Å². The van der Waals surface area contributed by atoms with E-state index < -0.39 is 0 Å². The highest BCUT2D eigenvalue weighted by Crippen LogP contribution is 2.23. The number of hydrogen-bond donors (Lipinski definition) is 1. The molecule has 0 bridgehead atoms. The molecule has 8 heteroatoms. The summed E-state index contributed by atoms with van der Waals surface area (Å²) in [6.07, 6.45) is 2.03. The Labute approximate surface area is 157 Å². The minimum atomic E-state index is -0.384. The monoisotopic (exact) mass is 373 g/mol. The zero-order valence-corrected chi connectivity index (χ0v) is 15.4. The molecule has 0 spiro atoms. The van der Waals surface area contributed by atoms with E-state index in [4.69, 9.17) is 14.0 Å². The van der Waals surface area contributed by atoms with Crippen molar-refractivity contribution in [1.29, 1.82) is 0 Å². The molecule has 0 radical (unpaired) electrons. The fourth-order valence-electron chi connectivity index (χ4n) is 2.84. The number of hydrogen-bond acceptors (Lipinski definition) is 6. The van der Waals surface area contributed by atoms with Crippen molar-refractivity contribution in [2.24, 2.45) is 0 Å². The van der Waals surface area contributed by atoms with Crippen molar-refractivity contribution in [2.75, 3.05) is 33.9 Å². The summed E-state index contributed by atoms with van der Waals surface area (Å²) in [5.41, 5.74) is 0.926. The van der Waals surface area contributed by atoms with E-state index in [1.165, 1.54) is 4.90 Å². The van der Waals surface area contributed by atoms with Gasteiger partial charge in [0, 0.05) is 31.8 Å². The van der Waals surface area contributed by atoms with E-state index in [0.717, 1.165) is 30.8 Å². The minimum absolute atomic E-state index is 0.0592. The number of amides is 2. The highest BCUT2D eigenvalue weighted by atomic mass is 16.5. The Morgan fingerprint density at radius 3 is 2.78 bits per heavy atom. The van der Waals surface area contributed by atoms with E-state index in [9.17, 15) is 9.59 Å².